The number of hydrogen-bond donors (Lipinski definition) is 2. The van der Waals surface area contributed by atoms with Gasteiger partial charge in [-0.3, -0.25) is 4.68 Å². The van der Waals surface area contributed by atoms with Crippen LogP contribution in [0.25, 0.3) is 0 Å². The Balaban J connectivity index is 1.94. The largest absolute Gasteiger partial charge is 0.392 e. The number of hydrogen-bond acceptors (Lipinski definition) is 6. The van der Waals surface area contributed by atoms with Crippen LogP contribution in [0.1, 0.15) is 11.4 Å². The Hall–Kier alpha value is -1.29. The summed E-state index contributed by atoms with van der Waals surface area (Å²) in [5, 5.41) is 14.6. The molecule has 2 rings (SSSR count). The van der Waals surface area contributed by atoms with E-state index in [-0.39, 0.29) is 17.4 Å². The van der Waals surface area contributed by atoms with Crippen LogP contribution < -0.4 is 4.72 Å². The van der Waals surface area contributed by atoms with E-state index in [0.717, 1.165) is 11.3 Å². The standard InChI is InChI=1S/C10H14N4O3S2/c1-14-7-11-9(13-14)2-3-12-19(16,17)10-4-8(5-15)6-18-10/h4,6-7,12,15H,2-3,5H2,1H3. The second kappa shape index (κ2) is 5.78. The summed E-state index contributed by atoms with van der Waals surface area (Å²) in [5.74, 6) is 0.590. The Labute approximate surface area is 115 Å². The molecule has 0 fully saturated rings. The summed E-state index contributed by atoms with van der Waals surface area (Å²) in [7, 11) is -1.77. The summed E-state index contributed by atoms with van der Waals surface area (Å²) in [5.41, 5.74) is 0.594. The van der Waals surface area contributed by atoms with E-state index in [4.69, 9.17) is 5.11 Å². The lowest BCUT2D eigenvalue weighted by atomic mass is 10.4. The van der Waals surface area contributed by atoms with Crippen molar-refractivity contribution in [1.29, 1.82) is 0 Å². The summed E-state index contributed by atoms with van der Waals surface area (Å²) in [6, 6.07) is 1.46. The number of thiophene rings is 1. The molecule has 0 saturated carbocycles. The van der Waals surface area contributed by atoms with Crippen molar-refractivity contribution in [2.75, 3.05) is 6.54 Å². The monoisotopic (exact) mass is 302 g/mol. The zero-order chi connectivity index (χ0) is 13.9. The highest BCUT2D eigenvalue weighted by molar-refractivity contribution is 7.91. The maximum Gasteiger partial charge on any atom is 0.250 e. The van der Waals surface area contributed by atoms with E-state index in [2.05, 4.69) is 14.8 Å². The fraction of sp³-hybridized carbons (Fsp3) is 0.400. The van der Waals surface area contributed by atoms with E-state index in [1.807, 2.05) is 0 Å². The van der Waals surface area contributed by atoms with Crippen molar-refractivity contribution in [2.45, 2.75) is 17.2 Å². The van der Waals surface area contributed by atoms with Gasteiger partial charge in [-0.2, -0.15) is 5.10 Å². The molecule has 0 atom stereocenters. The van der Waals surface area contributed by atoms with Gasteiger partial charge in [-0.15, -0.1) is 11.3 Å². The third kappa shape index (κ3) is 3.60. The van der Waals surface area contributed by atoms with Gasteiger partial charge in [-0.25, -0.2) is 18.1 Å². The molecule has 7 nitrogen and oxygen atoms in total. The fourth-order valence-electron chi connectivity index (χ4n) is 1.44. The third-order valence-electron chi connectivity index (χ3n) is 2.36. The topological polar surface area (TPSA) is 97.1 Å². The molecular formula is C10H14N4O3S2. The van der Waals surface area contributed by atoms with Crippen molar-refractivity contribution in [3.63, 3.8) is 0 Å². The minimum Gasteiger partial charge on any atom is -0.392 e. The smallest absolute Gasteiger partial charge is 0.250 e. The van der Waals surface area contributed by atoms with Gasteiger partial charge in [0.25, 0.3) is 0 Å². The quantitative estimate of drug-likeness (QED) is 0.776. The minimum atomic E-state index is -3.52. The highest BCUT2D eigenvalue weighted by Crippen LogP contribution is 2.19. The number of sulfonamides is 1. The molecule has 0 saturated heterocycles. The summed E-state index contributed by atoms with van der Waals surface area (Å²) in [6.45, 7) is 0.0720. The molecule has 2 heterocycles. The van der Waals surface area contributed by atoms with Crippen molar-refractivity contribution in [3.05, 3.63) is 29.2 Å². The number of aliphatic hydroxyl groups is 1. The Morgan fingerprint density at radius 2 is 2.32 bits per heavy atom. The van der Waals surface area contributed by atoms with Crippen molar-refractivity contribution in [2.24, 2.45) is 7.05 Å². The molecule has 9 heteroatoms. The lowest BCUT2D eigenvalue weighted by Crippen LogP contribution is -2.25. The molecule has 0 aliphatic heterocycles. The van der Waals surface area contributed by atoms with Crippen LogP contribution in [0.5, 0.6) is 0 Å². The third-order valence-corrected chi connectivity index (χ3v) is 5.31. The molecular weight excluding hydrogens is 288 g/mol. The van der Waals surface area contributed by atoms with E-state index in [0.29, 0.717) is 17.8 Å². The number of aliphatic hydroxyl groups excluding tert-OH is 1. The minimum absolute atomic E-state index is 0.163. The molecule has 0 spiro atoms. The van der Waals surface area contributed by atoms with Gasteiger partial charge >= 0.3 is 0 Å². The zero-order valence-corrected chi connectivity index (χ0v) is 11.9. The Morgan fingerprint density at radius 3 is 2.89 bits per heavy atom. The van der Waals surface area contributed by atoms with Gasteiger partial charge in [-0.1, -0.05) is 0 Å². The van der Waals surface area contributed by atoms with Crippen molar-refractivity contribution in [1.82, 2.24) is 19.5 Å². The van der Waals surface area contributed by atoms with Gasteiger partial charge in [0.1, 0.15) is 10.5 Å². The van der Waals surface area contributed by atoms with Gasteiger partial charge in [0.05, 0.1) is 6.61 Å². The average molecular weight is 302 g/mol. The van der Waals surface area contributed by atoms with E-state index in [1.165, 1.54) is 6.07 Å². The van der Waals surface area contributed by atoms with E-state index >= 15 is 0 Å². The highest BCUT2D eigenvalue weighted by Gasteiger charge is 2.16. The SMILES string of the molecule is Cn1cnc(CCNS(=O)(=O)c2cc(CO)cs2)n1. The van der Waals surface area contributed by atoms with Crippen LogP contribution in [-0.4, -0.2) is 34.8 Å². The Morgan fingerprint density at radius 1 is 1.53 bits per heavy atom. The summed E-state index contributed by atoms with van der Waals surface area (Å²) < 4.78 is 28.1. The molecule has 0 amide bonds. The first-order chi connectivity index (χ1) is 9.01. The van der Waals surface area contributed by atoms with E-state index in [1.54, 1.807) is 23.4 Å². The molecule has 0 unspecified atom stereocenters. The lowest BCUT2D eigenvalue weighted by molar-refractivity contribution is 0.282. The van der Waals surface area contributed by atoms with Gasteiger partial charge in [0.15, 0.2) is 5.82 Å². The van der Waals surface area contributed by atoms with E-state index < -0.39 is 10.0 Å². The number of nitrogens with one attached hydrogen (secondary N) is 1. The molecule has 0 radical (unpaired) electrons. The molecule has 104 valence electrons. The van der Waals surface area contributed by atoms with Gasteiger partial charge in [0.2, 0.25) is 10.0 Å². The van der Waals surface area contributed by atoms with Crippen molar-refractivity contribution < 1.29 is 13.5 Å². The van der Waals surface area contributed by atoms with Crippen molar-refractivity contribution in [3.8, 4) is 0 Å². The molecule has 2 aromatic rings. The second-order valence-corrected chi connectivity index (χ2v) is 6.82. The molecule has 0 aliphatic carbocycles. The van der Waals surface area contributed by atoms with Crippen molar-refractivity contribution >= 4 is 21.4 Å². The maximum absolute atomic E-state index is 11.9. The average Bonchev–Trinajstić information content (AvgIpc) is 2.98. The second-order valence-electron chi connectivity index (χ2n) is 3.91. The Kier molecular flexibility index (Phi) is 4.30. The molecule has 19 heavy (non-hydrogen) atoms. The van der Waals surface area contributed by atoms with Gasteiger partial charge < -0.3 is 5.11 Å². The molecule has 2 aromatic heterocycles. The molecule has 2 N–H and O–H groups in total. The lowest BCUT2D eigenvalue weighted by Gasteiger charge is -2.02. The number of rotatable bonds is 6. The number of aryl methyl sites for hydroxylation is 1. The normalized spacial score (nSPS) is 11.9. The predicted molar refractivity (Wildman–Crippen MR) is 70.1 cm³/mol. The maximum atomic E-state index is 11.9. The van der Waals surface area contributed by atoms with Crippen LogP contribution in [0.2, 0.25) is 0 Å². The predicted octanol–water partition coefficient (Wildman–Crippen LogP) is -0.110. The van der Waals surface area contributed by atoms with Crippen LogP contribution >= 0.6 is 11.3 Å². The van der Waals surface area contributed by atoms with Crippen LogP contribution in [0.4, 0.5) is 0 Å². The first-order valence-corrected chi connectivity index (χ1v) is 7.90. The number of nitrogens with zero attached hydrogens (tertiary/aromatic N) is 3. The van der Waals surface area contributed by atoms with Crippen LogP contribution in [0, 0.1) is 0 Å². The summed E-state index contributed by atoms with van der Waals surface area (Å²) in [4.78, 5) is 4.01. The van der Waals surface area contributed by atoms with Crippen LogP contribution in [0.3, 0.4) is 0 Å². The first kappa shape index (κ1) is 14.1. The molecule has 0 aliphatic rings. The molecule has 0 aromatic carbocycles. The zero-order valence-electron chi connectivity index (χ0n) is 10.3. The summed E-state index contributed by atoms with van der Waals surface area (Å²) in [6.07, 6.45) is 1.99. The summed E-state index contributed by atoms with van der Waals surface area (Å²) >= 11 is 1.09. The molecule has 0 bridgehead atoms. The first-order valence-electron chi connectivity index (χ1n) is 5.54. The van der Waals surface area contributed by atoms with Gasteiger partial charge in [0, 0.05) is 20.0 Å². The fourth-order valence-corrected chi connectivity index (χ4v) is 3.72. The Bertz CT molecular complexity index is 647. The number of aromatic nitrogens is 3. The highest BCUT2D eigenvalue weighted by atomic mass is 32.2. The van der Waals surface area contributed by atoms with E-state index in [9.17, 15) is 8.42 Å². The van der Waals surface area contributed by atoms with Crippen LogP contribution in [-0.2, 0) is 30.1 Å². The van der Waals surface area contributed by atoms with Crippen LogP contribution in [0.15, 0.2) is 22.0 Å². The van der Waals surface area contributed by atoms with Gasteiger partial charge in [-0.05, 0) is 17.0 Å².